The normalized spacial score (nSPS) is 11.3. The minimum atomic E-state index is 0.993. The summed E-state index contributed by atoms with van der Waals surface area (Å²) in [5, 5.41) is 0. The van der Waals surface area contributed by atoms with Crippen molar-refractivity contribution < 1.29 is 4.57 Å². The van der Waals surface area contributed by atoms with E-state index in [1.165, 1.54) is 16.8 Å². The number of para-hydroxylation sites is 1. The number of rotatable bonds is 4. The molecule has 0 amide bonds. The van der Waals surface area contributed by atoms with Gasteiger partial charge < -0.3 is 4.90 Å². The lowest BCUT2D eigenvalue weighted by molar-refractivity contribution is -0.538. The van der Waals surface area contributed by atoms with Crippen LogP contribution in [0, 0.1) is 13.8 Å². The van der Waals surface area contributed by atoms with E-state index in [0.717, 1.165) is 40.8 Å². The van der Waals surface area contributed by atoms with E-state index in [1.807, 2.05) is 0 Å². The molecule has 0 aliphatic rings. The Morgan fingerprint density at radius 1 is 0.778 bits per heavy atom. The summed E-state index contributed by atoms with van der Waals surface area (Å²) in [4.78, 5) is 7.35. The number of hydrogen-bond donors (Lipinski definition) is 0. The van der Waals surface area contributed by atoms with Crippen molar-refractivity contribution in [2.45, 2.75) is 27.7 Å². The summed E-state index contributed by atoms with van der Waals surface area (Å²) in [7, 11) is 0. The largest absolute Gasteiger partial charge is 0.372 e. The van der Waals surface area contributed by atoms with Crippen LogP contribution in [0.25, 0.3) is 27.8 Å². The van der Waals surface area contributed by atoms with Gasteiger partial charge in [0, 0.05) is 43.0 Å². The lowest BCUT2D eigenvalue weighted by atomic mass is 10.1. The summed E-state index contributed by atoms with van der Waals surface area (Å²) in [6, 6.07) is 21.6. The van der Waals surface area contributed by atoms with Crippen molar-refractivity contribution in [2.24, 2.45) is 0 Å². The lowest BCUT2D eigenvalue weighted by Gasteiger charge is -2.20. The molecule has 0 spiro atoms. The average Bonchev–Trinajstić information content (AvgIpc) is 2.69. The first-order chi connectivity index (χ1) is 13.1. The maximum absolute atomic E-state index is 4.98. The van der Waals surface area contributed by atoms with E-state index < -0.39 is 0 Å². The Morgan fingerprint density at radius 3 is 2.15 bits per heavy atom. The average molecular weight is 356 g/mol. The first kappa shape index (κ1) is 17.5. The van der Waals surface area contributed by atoms with Crippen molar-refractivity contribution in [3.8, 4) is 5.69 Å². The van der Waals surface area contributed by atoms with Crippen LogP contribution in [0.15, 0.2) is 60.7 Å². The van der Waals surface area contributed by atoms with Gasteiger partial charge >= 0.3 is 0 Å². The predicted molar refractivity (Wildman–Crippen MR) is 114 cm³/mol. The molecule has 136 valence electrons. The van der Waals surface area contributed by atoms with Crippen molar-refractivity contribution in [3.63, 3.8) is 0 Å². The summed E-state index contributed by atoms with van der Waals surface area (Å²) >= 11 is 0. The fourth-order valence-electron chi connectivity index (χ4n) is 3.74. The van der Waals surface area contributed by atoms with Crippen LogP contribution in [-0.4, -0.2) is 18.1 Å². The molecule has 3 aromatic carbocycles. The van der Waals surface area contributed by atoms with Gasteiger partial charge in [0.25, 0.3) is 0 Å². The maximum Gasteiger partial charge on any atom is 0.239 e. The van der Waals surface area contributed by atoms with Crippen LogP contribution in [0.4, 0.5) is 5.69 Å². The molecule has 3 nitrogen and oxygen atoms in total. The molecule has 0 radical (unpaired) electrons. The number of hydrogen-bond acceptors (Lipinski definition) is 2. The second-order valence-corrected chi connectivity index (χ2v) is 7.05. The van der Waals surface area contributed by atoms with Gasteiger partial charge in [0.15, 0.2) is 0 Å². The summed E-state index contributed by atoms with van der Waals surface area (Å²) in [5.74, 6) is 0. The standard InChI is InChI=1S/C24H26N3/c1-5-26(6-2)20-12-13-21-24(16-20)27(19-10-8-7-9-11-19)23-15-18(4)17(3)14-22(23)25-21/h7-16H,5-6H2,1-4H3/q+1. The molecule has 0 atom stereocenters. The number of aromatic nitrogens is 2. The Balaban J connectivity index is 2.13. The Kier molecular flexibility index (Phi) is 4.53. The summed E-state index contributed by atoms with van der Waals surface area (Å²) < 4.78 is 2.34. The number of benzene rings is 3. The highest BCUT2D eigenvalue weighted by atomic mass is 15.1. The van der Waals surface area contributed by atoms with E-state index in [4.69, 9.17) is 4.98 Å². The second-order valence-electron chi connectivity index (χ2n) is 7.05. The van der Waals surface area contributed by atoms with Crippen LogP contribution in [0.5, 0.6) is 0 Å². The molecule has 1 aromatic heterocycles. The molecule has 3 heteroatoms. The van der Waals surface area contributed by atoms with Crippen LogP contribution in [0.1, 0.15) is 25.0 Å². The van der Waals surface area contributed by atoms with Crippen LogP contribution in [-0.2, 0) is 0 Å². The highest BCUT2D eigenvalue weighted by Crippen LogP contribution is 2.24. The summed E-state index contributed by atoms with van der Waals surface area (Å²) in [6.07, 6.45) is 0. The molecule has 1 heterocycles. The Hall–Kier alpha value is -2.94. The molecule has 0 aliphatic heterocycles. The van der Waals surface area contributed by atoms with Gasteiger partial charge in [0.05, 0.1) is 0 Å². The number of nitrogens with zero attached hydrogens (tertiary/aromatic N) is 3. The van der Waals surface area contributed by atoms with Gasteiger partial charge in [-0.15, -0.1) is 4.57 Å². The van der Waals surface area contributed by atoms with Gasteiger partial charge in [-0.3, -0.25) is 0 Å². The van der Waals surface area contributed by atoms with Crippen molar-refractivity contribution in [2.75, 3.05) is 18.0 Å². The first-order valence-corrected chi connectivity index (χ1v) is 9.69. The van der Waals surface area contributed by atoms with E-state index in [-0.39, 0.29) is 0 Å². The topological polar surface area (TPSA) is 20.0 Å². The fourth-order valence-corrected chi connectivity index (χ4v) is 3.74. The van der Waals surface area contributed by atoms with Crippen molar-refractivity contribution in [1.82, 2.24) is 4.98 Å². The predicted octanol–water partition coefficient (Wildman–Crippen LogP) is 5.13. The SMILES string of the molecule is CCN(CC)c1ccc2nc3cc(C)c(C)cc3[n+](-c3ccccc3)c2c1. The first-order valence-electron chi connectivity index (χ1n) is 9.69. The number of fused-ring (bicyclic) bond motifs is 2. The Morgan fingerprint density at radius 2 is 1.44 bits per heavy atom. The zero-order valence-corrected chi connectivity index (χ0v) is 16.5. The van der Waals surface area contributed by atoms with Gasteiger partial charge in [0.2, 0.25) is 16.7 Å². The zero-order chi connectivity index (χ0) is 19.0. The van der Waals surface area contributed by atoms with Crippen molar-refractivity contribution >= 4 is 27.8 Å². The zero-order valence-electron chi connectivity index (χ0n) is 16.5. The number of anilines is 1. The third-order valence-corrected chi connectivity index (χ3v) is 5.42. The van der Waals surface area contributed by atoms with Crippen LogP contribution in [0.2, 0.25) is 0 Å². The molecule has 0 bridgehead atoms. The third kappa shape index (κ3) is 3.03. The molecule has 0 saturated carbocycles. The van der Waals surface area contributed by atoms with E-state index in [0.29, 0.717) is 0 Å². The van der Waals surface area contributed by atoms with Crippen molar-refractivity contribution in [3.05, 3.63) is 71.8 Å². The van der Waals surface area contributed by atoms with Crippen molar-refractivity contribution in [1.29, 1.82) is 0 Å². The molecular weight excluding hydrogens is 330 g/mol. The summed E-state index contributed by atoms with van der Waals surface area (Å²) in [6.45, 7) is 10.7. The molecule has 27 heavy (non-hydrogen) atoms. The van der Waals surface area contributed by atoms with Crippen LogP contribution >= 0.6 is 0 Å². The minimum absolute atomic E-state index is 0.993. The second kappa shape index (κ2) is 6.99. The minimum Gasteiger partial charge on any atom is -0.372 e. The highest BCUT2D eigenvalue weighted by molar-refractivity contribution is 5.85. The van der Waals surface area contributed by atoms with Crippen LogP contribution < -0.4 is 9.47 Å². The molecule has 0 N–H and O–H groups in total. The quantitative estimate of drug-likeness (QED) is 0.373. The molecular formula is C24H26N3+. The smallest absolute Gasteiger partial charge is 0.239 e. The fraction of sp³-hybridized carbons (Fsp3) is 0.250. The Labute approximate surface area is 160 Å². The summed E-state index contributed by atoms with van der Waals surface area (Å²) in [5.41, 5.74) is 9.30. The molecule has 0 fully saturated rings. The molecule has 0 saturated heterocycles. The van der Waals surface area contributed by atoms with E-state index in [2.05, 4.69) is 97.8 Å². The van der Waals surface area contributed by atoms with Gasteiger partial charge in [-0.05, 0) is 57.0 Å². The van der Waals surface area contributed by atoms with Gasteiger partial charge in [-0.2, -0.15) is 0 Å². The molecule has 4 aromatic rings. The molecule has 4 rings (SSSR count). The third-order valence-electron chi connectivity index (χ3n) is 5.42. The van der Waals surface area contributed by atoms with E-state index >= 15 is 0 Å². The molecule has 0 unspecified atom stereocenters. The maximum atomic E-state index is 4.98. The molecule has 0 aliphatic carbocycles. The highest BCUT2D eigenvalue weighted by Gasteiger charge is 2.21. The van der Waals surface area contributed by atoms with Crippen LogP contribution in [0.3, 0.4) is 0 Å². The lowest BCUT2D eigenvalue weighted by Crippen LogP contribution is -2.33. The van der Waals surface area contributed by atoms with E-state index in [9.17, 15) is 0 Å². The van der Waals surface area contributed by atoms with E-state index in [1.54, 1.807) is 0 Å². The monoisotopic (exact) mass is 356 g/mol. The number of aryl methyl sites for hydroxylation is 2. The van der Waals surface area contributed by atoms with Gasteiger partial charge in [-0.1, -0.05) is 18.2 Å². The van der Waals surface area contributed by atoms with Gasteiger partial charge in [0.1, 0.15) is 11.0 Å². The Bertz CT molecular complexity index is 1110. The van der Waals surface area contributed by atoms with Gasteiger partial charge in [-0.25, -0.2) is 4.98 Å².